The second-order valence-corrected chi connectivity index (χ2v) is 3.01. The first-order valence-electron chi connectivity index (χ1n) is 4.54. The van der Waals surface area contributed by atoms with Crippen LogP contribution in [0.2, 0.25) is 0 Å². The highest BCUT2D eigenvalue weighted by Gasteiger charge is 2.19. The van der Waals surface area contributed by atoms with E-state index in [2.05, 4.69) is 4.74 Å². The van der Waals surface area contributed by atoms with Crippen LogP contribution in [0.25, 0.3) is 0 Å². The molecule has 0 bridgehead atoms. The third-order valence-corrected chi connectivity index (χ3v) is 1.91. The zero-order chi connectivity index (χ0) is 11.4. The van der Waals surface area contributed by atoms with E-state index in [1.807, 2.05) is 0 Å². The number of carbonyl (C=O) groups is 2. The van der Waals surface area contributed by atoms with E-state index < -0.39 is 17.6 Å². The smallest absolute Gasteiger partial charge is 0.379 e. The fourth-order valence-electron chi connectivity index (χ4n) is 1.15. The van der Waals surface area contributed by atoms with Gasteiger partial charge in [0.2, 0.25) is 0 Å². The largest absolute Gasteiger partial charge is 0.460 e. The average Bonchev–Trinajstić information content (AvgIpc) is 2.21. The summed E-state index contributed by atoms with van der Waals surface area (Å²) in [6, 6.07) is 3.72. The molecule has 80 valence electrons. The van der Waals surface area contributed by atoms with Crippen LogP contribution < -0.4 is 0 Å². The second kappa shape index (κ2) is 4.68. The van der Waals surface area contributed by atoms with Gasteiger partial charge >= 0.3 is 5.97 Å². The van der Waals surface area contributed by atoms with Crippen LogP contribution in [0.4, 0.5) is 4.39 Å². The molecule has 0 amide bonds. The van der Waals surface area contributed by atoms with Crippen molar-refractivity contribution in [2.24, 2.45) is 0 Å². The Morgan fingerprint density at radius 1 is 1.40 bits per heavy atom. The van der Waals surface area contributed by atoms with Gasteiger partial charge in [-0.05, 0) is 31.5 Å². The first-order valence-corrected chi connectivity index (χ1v) is 4.54. The van der Waals surface area contributed by atoms with Crippen molar-refractivity contribution in [1.82, 2.24) is 0 Å². The highest BCUT2D eigenvalue weighted by molar-refractivity contribution is 6.41. The van der Waals surface area contributed by atoms with Crippen LogP contribution in [-0.4, -0.2) is 18.4 Å². The van der Waals surface area contributed by atoms with Gasteiger partial charge in [-0.2, -0.15) is 0 Å². The van der Waals surface area contributed by atoms with Crippen LogP contribution >= 0.6 is 0 Å². The van der Waals surface area contributed by atoms with Gasteiger partial charge in [0.25, 0.3) is 5.78 Å². The summed E-state index contributed by atoms with van der Waals surface area (Å²) in [5.74, 6) is -2.31. The zero-order valence-electron chi connectivity index (χ0n) is 8.54. The molecule has 0 aliphatic rings. The molecular formula is C11H11FO3. The molecule has 0 aliphatic carbocycles. The van der Waals surface area contributed by atoms with E-state index >= 15 is 0 Å². The van der Waals surface area contributed by atoms with E-state index in [1.54, 1.807) is 13.8 Å². The summed E-state index contributed by atoms with van der Waals surface area (Å²) in [7, 11) is 0. The third-order valence-electron chi connectivity index (χ3n) is 1.91. The molecule has 0 radical (unpaired) electrons. The van der Waals surface area contributed by atoms with Crippen molar-refractivity contribution < 1.29 is 18.7 Å². The average molecular weight is 210 g/mol. The Hall–Kier alpha value is -1.71. The van der Waals surface area contributed by atoms with E-state index in [9.17, 15) is 14.0 Å². The van der Waals surface area contributed by atoms with Gasteiger partial charge < -0.3 is 4.74 Å². The van der Waals surface area contributed by atoms with E-state index in [-0.39, 0.29) is 12.2 Å². The van der Waals surface area contributed by atoms with Crippen molar-refractivity contribution in [3.8, 4) is 0 Å². The van der Waals surface area contributed by atoms with Crippen LogP contribution in [0.5, 0.6) is 0 Å². The SMILES string of the molecule is CCOC(=O)C(=O)c1cc(F)ccc1C. The molecule has 0 aromatic heterocycles. The molecule has 0 saturated heterocycles. The lowest BCUT2D eigenvalue weighted by atomic mass is 10.0. The monoisotopic (exact) mass is 210 g/mol. The van der Waals surface area contributed by atoms with Crippen molar-refractivity contribution in [1.29, 1.82) is 0 Å². The van der Waals surface area contributed by atoms with Gasteiger partial charge in [-0.1, -0.05) is 6.07 Å². The van der Waals surface area contributed by atoms with Crippen LogP contribution in [0.15, 0.2) is 18.2 Å². The lowest BCUT2D eigenvalue weighted by molar-refractivity contribution is -0.137. The summed E-state index contributed by atoms with van der Waals surface area (Å²) < 4.78 is 17.4. The summed E-state index contributed by atoms with van der Waals surface area (Å²) in [6.45, 7) is 3.36. The standard InChI is InChI=1S/C11H11FO3/c1-3-15-11(14)10(13)9-6-8(12)5-4-7(9)2/h4-6H,3H2,1-2H3. The molecule has 0 unspecified atom stereocenters. The fraction of sp³-hybridized carbons (Fsp3) is 0.273. The molecule has 0 saturated carbocycles. The number of halogens is 1. The Labute approximate surface area is 86.9 Å². The van der Waals surface area contributed by atoms with E-state index in [1.165, 1.54) is 12.1 Å². The van der Waals surface area contributed by atoms with Crippen molar-refractivity contribution in [2.45, 2.75) is 13.8 Å². The van der Waals surface area contributed by atoms with Gasteiger partial charge in [0.05, 0.1) is 6.61 Å². The molecule has 1 rings (SSSR count). The molecule has 15 heavy (non-hydrogen) atoms. The molecule has 0 heterocycles. The molecule has 0 atom stereocenters. The van der Waals surface area contributed by atoms with Crippen LogP contribution in [0.1, 0.15) is 22.8 Å². The van der Waals surface area contributed by atoms with Gasteiger partial charge in [-0.15, -0.1) is 0 Å². The lowest BCUT2D eigenvalue weighted by Crippen LogP contribution is -2.18. The van der Waals surface area contributed by atoms with Gasteiger partial charge in [0, 0.05) is 5.56 Å². The first-order chi connectivity index (χ1) is 7.06. The Balaban J connectivity index is 3.00. The molecule has 0 spiro atoms. The Bertz CT molecular complexity index is 399. The van der Waals surface area contributed by atoms with Crippen molar-refractivity contribution in [3.63, 3.8) is 0 Å². The number of hydrogen-bond acceptors (Lipinski definition) is 3. The van der Waals surface area contributed by atoms with E-state index in [0.29, 0.717) is 5.56 Å². The molecule has 0 N–H and O–H groups in total. The van der Waals surface area contributed by atoms with Crippen molar-refractivity contribution in [2.75, 3.05) is 6.61 Å². The van der Waals surface area contributed by atoms with Gasteiger partial charge in [-0.25, -0.2) is 9.18 Å². The molecular weight excluding hydrogens is 199 g/mol. The highest BCUT2D eigenvalue weighted by Crippen LogP contribution is 2.11. The first kappa shape index (κ1) is 11.4. The second-order valence-electron chi connectivity index (χ2n) is 3.01. The molecule has 0 aliphatic heterocycles. The maximum absolute atomic E-state index is 12.9. The van der Waals surface area contributed by atoms with Crippen LogP contribution in [-0.2, 0) is 9.53 Å². The van der Waals surface area contributed by atoms with Crippen molar-refractivity contribution >= 4 is 11.8 Å². The Morgan fingerprint density at radius 2 is 2.07 bits per heavy atom. The van der Waals surface area contributed by atoms with Crippen LogP contribution in [0.3, 0.4) is 0 Å². The quantitative estimate of drug-likeness (QED) is 0.434. The molecule has 1 aromatic rings. The minimum Gasteiger partial charge on any atom is -0.460 e. The minimum absolute atomic E-state index is 0.0495. The number of esters is 1. The summed E-state index contributed by atoms with van der Waals surface area (Å²) >= 11 is 0. The number of Topliss-reactive ketones (excluding diaryl/α,β-unsaturated/α-hetero) is 1. The van der Waals surface area contributed by atoms with Gasteiger partial charge in [0.15, 0.2) is 0 Å². The number of ether oxygens (including phenoxy) is 1. The predicted octanol–water partition coefficient (Wildman–Crippen LogP) is 1.88. The normalized spacial score (nSPS) is 9.80. The number of benzene rings is 1. The Kier molecular flexibility index (Phi) is 3.55. The summed E-state index contributed by atoms with van der Waals surface area (Å²) in [5.41, 5.74) is 0.600. The maximum atomic E-state index is 12.9. The predicted molar refractivity (Wildman–Crippen MR) is 52.1 cm³/mol. The number of carbonyl (C=O) groups excluding carboxylic acids is 2. The van der Waals surface area contributed by atoms with Gasteiger partial charge in [0.1, 0.15) is 5.82 Å². The topological polar surface area (TPSA) is 43.4 Å². The fourth-order valence-corrected chi connectivity index (χ4v) is 1.15. The number of aryl methyl sites for hydroxylation is 1. The minimum atomic E-state index is -0.953. The lowest BCUT2D eigenvalue weighted by Gasteiger charge is -2.04. The van der Waals surface area contributed by atoms with Crippen molar-refractivity contribution in [3.05, 3.63) is 35.1 Å². The van der Waals surface area contributed by atoms with E-state index in [4.69, 9.17) is 0 Å². The number of rotatable bonds is 3. The summed E-state index contributed by atoms with van der Waals surface area (Å²) in [4.78, 5) is 22.6. The highest BCUT2D eigenvalue weighted by atomic mass is 19.1. The number of hydrogen-bond donors (Lipinski definition) is 0. The molecule has 1 aromatic carbocycles. The summed E-state index contributed by atoms with van der Waals surface area (Å²) in [5, 5.41) is 0. The Morgan fingerprint density at radius 3 is 2.67 bits per heavy atom. The third kappa shape index (κ3) is 2.62. The molecule has 0 fully saturated rings. The number of ketones is 1. The maximum Gasteiger partial charge on any atom is 0.379 e. The molecule has 4 heteroatoms. The molecule has 3 nitrogen and oxygen atoms in total. The zero-order valence-corrected chi connectivity index (χ0v) is 8.54. The summed E-state index contributed by atoms with van der Waals surface area (Å²) in [6.07, 6.45) is 0. The van der Waals surface area contributed by atoms with Crippen LogP contribution in [0, 0.1) is 12.7 Å². The van der Waals surface area contributed by atoms with Gasteiger partial charge in [-0.3, -0.25) is 4.79 Å². The van der Waals surface area contributed by atoms with E-state index in [0.717, 1.165) is 6.07 Å².